The van der Waals surface area contributed by atoms with Gasteiger partial charge in [0, 0.05) is 6.54 Å². The van der Waals surface area contributed by atoms with E-state index in [9.17, 15) is 5.11 Å². The largest absolute Gasteiger partial charge is 0.384 e. The van der Waals surface area contributed by atoms with E-state index in [2.05, 4.69) is 6.08 Å². The predicted octanol–water partition coefficient (Wildman–Crippen LogP) is 2.61. The highest BCUT2D eigenvalue weighted by molar-refractivity contribution is 5.19. The first-order valence-corrected chi connectivity index (χ1v) is 6.23. The Morgan fingerprint density at radius 2 is 2.00 bits per heavy atom. The van der Waals surface area contributed by atoms with Gasteiger partial charge in [0.2, 0.25) is 0 Å². The summed E-state index contributed by atoms with van der Waals surface area (Å²) < 4.78 is 0. The molecule has 2 heteroatoms. The van der Waals surface area contributed by atoms with Crippen LogP contribution in [0.25, 0.3) is 0 Å². The monoisotopic (exact) mass is 211 g/mol. The molecule has 1 unspecified atom stereocenters. The molecule has 0 saturated carbocycles. The second-order valence-electron chi connectivity index (χ2n) is 4.97. The highest BCUT2D eigenvalue weighted by Crippen LogP contribution is 2.31. The summed E-state index contributed by atoms with van der Waals surface area (Å²) in [5.41, 5.74) is 6.15. The minimum Gasteiger partial charge on any atom is -0.384 e. The average molecular weight is 211 g/mol. The Kier molecular flexibility index (Phi) is 4.81. The van der Waals surface area contributed by atoms with Crippen LogP contribution >= 0.6 is 0 Å². The second-order valence-corrected chi connectivity index (χ2v) is 4.97. The number of hydrogen-bond acceptors (Lipinski definition) is 2. The van der Waals surface area contributed by atoms with Crippen molar-refractivity contribution in [3.63, 3.8) is 0 Å². The molecule has 1 aliphatic carbocycles. The quantitative estimate of drug-likeness (QED) is 0.705. The summed E-state index contributed by atoms with van der Waals surface area (Å²) in [6.45, 7) is 4.44. The van der Waals surface area contributed by atoms with E-state index in [0.717, 1.165) is 12.8 Å². The van der Waals surface area contributed by atoms with Crippen molar-refractivity contribution in [1.29, 1.82) is 0 Å². The third kappa shape index (κ3) is 3.05. The first kappa shape index (κ1) is 12.7. The topological polar surface area (TPSA) is 46.2 Å². The second kappa shape index (κ2) is 5.66. The van der Waals surface area contributed by atoms with Gasteiger partial charge < -0.3 is 10.8 Å². The van der Waals surface area contributed by atoms with Gasteiger partial charge in [-0.1, -0.05) is 32.8 Å². The lowest BCUT2D eigenvalue weighted by Crippen LogP contribution is -2.44. The molecule has 0 saturated heterocycles. The van der Waals surface area contributed by atoms with Gasteiger partial charge in [-0.15, -0.1) is 0 Å². The summed E-state index contributed by atoms with van der Waals surface area (Å²) in [6.07, 6.45) is 9.41. The molecule has 0 bridgehead atoms. The first-order valence-electron chi connectivity index (χ1n) is 6.23. The van der Waals surface area contributed by atoms with Gasteiger partial charge in [0.05, 0.1) is 0 Å². The molecule has 1 rings (SSSR count). The Bertz CT molecular complexity index is 223. The van der Waals surface area contributed by atoms with E-state index in [1.54, 1.807) is 0 Å². The van der Waals surface area contributed by atoms with Crippen LogP contribution in [0.1, 0.15) is 52.4 Å². The highest BCUT2D eigenvalue weighted by Gasteiger charge is 2.33. The van der Waals surface area contributed by atoms with Crippen LogP contribution in [0.15, 0.2) is 11.6 Å². The van der Waals surface area contributed by atoms with E-state index in [1.807, 2.05) is 13.8 Å². The predicted molar refractivity (Wildman–Crippen MR) is 64.6 cm³/mol. The van der Waals surface area contributed by atoms with Crippen molar-refractivity contribution in [2.75, 3.05) is 6.54 Å². The van der Waals surface area contributed by atoms with Crippen LogP contribution in [0.3, 0.4) is 0 Å². The van der Waals surface area contributed by atoms with Crippen molar-refractivity contribution in [3.8, 4) is 0 Å². The van der Waals surface area contributed by atoms with Crippen molar-refractivity contribution >= 4 is 0 Å². The summed E-state index contributed by atoms with van der Waals surface area (Å²) in [7, 11) is 0. The fourth-order valence-electron chi connectivity index (χ4n) is 2.32. The molecule has 0 aliphatic heterocycles. The van der Waals surface area contributed by atoms with Crippen LogP contribution in [0.4, 0.5) is 0 Å². The van der Waals surface area contributed by atoms with Crippen LogP contribution < -0.4 is 5.73 Å². The lowest BCUT2D eigenvalue weighted by Gasteiger charge is -2.34. The Morgan fingerprint density at radius 3 is 2.60 bits per heavy atom. The zero-order valence-electron chi connectivity index (χ0n) is 10.1. The smallest absolute Gasteiger partial charge is 0.100 e. The zero-order chi connectivity index (χ0) is 11.3. The van der Waals surface area contributed by atoms with Gasteiger partial charge >= 0.3 is 0 Å². The Labute approximate surface area is 93.6 Å². The van der Waals surface area contributed by atoms with Gasteiger partial charge in [-0.2, -0.15) is 0 Å². The molecule has 1 atom stereocenters. The highest BCUT2D eigenvalue weighted by atomic mass is 16.3. The van der Waals surface area contributed by atoms with Gasteiger partial charge in [-0.25, -0.2) is 0 Å². The zero-order valence-corrected chi connectivity index (χ0v) is 10.1. The minimum atomic E-state index is -0.767. The van der Waals surface area contributed by atoms with E-state index in [1.165, 1.54) is 31.3 Å². The number of hydrogen-bond donors (Lipinski definition) is 2. The van der Waals surface area contributed by atoms with Crippen LogP contribution in [-0.2, 0) is 0 Å². The minimum absolute atomic E-state index is 0.202. The molecule has 1 aliphatic rings. The summed E-state index contributed by atoms with van der Waals surface area (Å²) in [6, 6.07) is 0. The number of aliphatic hydroxyl groups is 1. The van der Waals surface area contributed by atoms with Crippen molar-refractivity contribution in [3.05, 3.63) is 11.6 Å². The summed E-state index contributed by atoms with van der Waals surface area (Å²) >= 11 is 0. The summed E-state index contributed by atoms with van der Waals surface area (Å²) in [5.74, 6) is 0.202. The van der Waals surface area contributed by atoms with Crippen LogP contribution in [-0.4, -0.2) is 17.3 Å². The average Bonchev–Trinajstić information content (AvgIpc) is 2.15. The van der Waals surface area contributed by atoms with Crippen LogP contribution in [0, 0.1) is 5.92 Å². The maximum Gasteiger partial charge on any atom is 0.100 e. The van der Waals surface area contributed by atoms with Gasteiger partial charge in [0.25, 0.3) is 0 Å². The molecule has 0 amide bonds. The molecule has 88 valence electrons. The number of nitrogens with two attached hydrogens (primary N) is 1. The molecule has 0 fully saturated rings. The fraction of sp³-hybridized carbons (Fsp3) is 0.846. The SMILES string of the molecule is CC(C)C(O)(CN)C1=CCCCCCC1. The standard InChI is InChI=1S/C13H25NO/c1-11(2)13(15,10-14)12-8-6-4-3-5-7-9-12/h8,11,15H,3-7,9-10,14H2,1-2H3. The van der Waals surface area contributed by atoms with E-state index in [-0.39, 0.29) is 5.92 Å². The van der Waals surface area contributed by atoms with Crippen molar-refractivity contribution in [2.45, 2.75) is 58.0 Å². The number of allylic oxidation sites excluding steroid dienone is 1. The van der Waals surface area contributed by atoms with Crippen LogP contribution in [0.2, 0.25) is 0 Å². The molecule has 0 aromatic heterocycles. The molecule has 0 aromatic rings. The fourth-order valence-corrected chi connectivity index (χ4v) is 2.32. The molecule has 15 heavy (non-hydrogen) atoms. The first-order chi connectivity index (χ1) is 7.11. The van der Waals surface area contributed by atoms with E-state index in [4.69, 9.17) is 5.73 Å². The van der Waals surface area contributed by atoms with Gasteiger partial charge in [0.15, 0.2) is 0 Å². The Hall–Kier alpha value is -0.340. The molecule has 0 radical (unpaired) electrons. The van der Waals surface area contributed by atoms with Crippen molar-refractivity contribution in [2.24, 2.45) is 11.7 Å². The molecule has 2 nitrogen and oxygen atoms in total. The molecular formula is C13H25NO. The van der Waals surface area contributed by atoms with E-state index < -0.39 is 5.60 Å². The number of rotatable bonds is 3. The molecule has 0 heterocycles. The third-order valence-electron chi connectivity index (χ3n) is 3.61. The van der Waals surface area contributed by atoms with Gasteiger partial charge in [0.1, 0.15) is 5.60 Å². The Balaban J connectivity index is 2.80. The Morgan fingerprint density at radius 1 is 1.33 bits per heavy atom. The molecule has 0 aromatic carbocycles. The van der Waals surface area contributed by atoms with Crippen molar-refractivity contribution in [1.82, 2.24) is 0 Å². The van der Waals surface area contributed by atoms with Gasteiger partial charge in [-0.05, 0) is 37.2 Å². The molecule has 0 spiro atoms. The molecule has 3 N–H and O–H groups in total. The van der Waals surface area contributed by atoms with Crippen LogP contribution in [0.5, 0.6) is 0 Å². The maximum atomic E-state index is 10.5. The normalized spacial score (nSPS) is 22.9. The van der Waals surface area contributed by atoms with E-state index in [0.29, 0.717) is 6.54 Å². The summed E-state index contributed by atoms with van der Waals surface area (Å²) in [5, 5.41) is 10.5. The van der Waals surface area contributed by atoms with E-state index >= 15 is 0 Å². The summed E-state index contributed by atoms with van der Waals surface area (Å²) in [4.78, 5) is 0. The lowest BCUT2D eigenvalue weighted by atomic mass is 9.79. The van der Waals surface area contributed by atoms with Crippen molar-refractivity contribution < 1.29 is 5.11 Å². The third-order valence-corrected chi connectivity index (χ3v) is 3.61. The molecular weight excluding hydrogens is 186 g/mol. The maximum absolute atomic E-state index is 10.5. The van der Waals surface area contributed by atoms with Gasteiger partial charge in [-0.3, -0.25) is 0 Å². The lowest BCUT2D eigenvalue weighted by molar-refractivity contribution is 0.0359.